The van der Waals surface area contributed by atoms with E-state index in [4.69, 9.17) is 32.7 Å². The third kappa shape index (κ3) is 11.6. The lowest BCUT2D eigenvalue weighted by Crippen LogP contribution is -2.41. The fourth-order valence-corrected chi connectivity index (χ4v) is 8.58. The molecular weight excluding hydrogens is 874 g/mol. The van der Waals surface area contributed by atoms with Gasteiger partial charge in [-0.2, -0.15) is 0 Å². The largest absolute Gasteiger partial charge is 0.449 e. The van der Waals surface area contributed by atoms with E-state index in [-0.39, 0.29) is 35.4 Å². The first-order valence-corrected chi connectivity index (χ1v) is 23.0. The lowest BCUT2D eigenvalue weighted by Gasteiger charge is -2.31. The number of likely N-dealkylation sites (N-methyl/N-ethyl adjacent to an activating group) is 1. The van der Waals surface area contributed by atoms with E-state index < -0.39 is 24.1 Å². The van der Waals surface area contributed by atoms with Crippen molar-refractivity contribution in [1.29, 1.82) is 0 Å². The van der Waals surface area contributed by atoms with Crippen LogP contribution in [0.3, 0.4) is 0 Å². The van der Waals surface area contributed by atoms with E-state index in [2.05, 4.69) is 42.5 Å². The van der Waals surface area contributed by atoms with Crippen molar-refractivity contribution in [2.45, 2.75) is 38.0 Å². The molecule has 8 aromatic carbocycles. The number of hydrogen-bond acceptors (Lipinski definition) is 5. The molecule has 0 N–H and O–H groups in total. The quantitative estimate of drug-likeness (QED) is 0.0903. The van der Waals surface area contributed by atoms with Crippen molar-refractivity contribution in [3.8, 4) is 0 Å². The fourth-order valence-electron chi connectivity index (χ4n) is 8.26. The highest BCUT2D eigenvalue weighted by Crippen LogP contribution is 2.32. The number of halogens is 2. The second-order valence-corrected chi connectivity index (χ2v) is 17.4. The summed E-state index contributed by atoms with van der Waals surface area (Å²) in [6, 6.07) is 62.5. The average Bonchev–Trinajstić information content (AvgIpc) is 3.37. The highest BCUT2D eigenvalue weighted by Gasteiger charge is 2.29. The van der Waals surface area contributed by atoms with Crippen LogP contribution in [0.4, 0.5) is 0 Å². The van der Waals surface area contributed by atoms with Gasteiger partial charge in [-0.1, -0.05) is 205 Å². The van der Waals surface area contributed by atoms with E-state index >= 15 is 0 Å². The predicted octanol–water partition coefficient (Wildman–Crippen LogP) is 14.0. The number of rotatable bonds is 16. The third-order valence-electron chi connectivity index (χ3n) is 12.1. The number of carbonyl (C=O) groups is 3. The molecule has 0 radical (unpaired) electrons. The summed E-state index contributed by atoms with van der Waals surface area (Å²) < 4.78 is 12.6. The van der Waals surface area contributed by atoms with Crippen LogP contribution >= 0.6 is 23.2 Å². The van der Waals surface area contributed by atoms with Crippen molar-refractivity contribution in [3.05, 3.63) is 266 Å². The number of esters is 2. The van der Waals surface area contributed by atoms with E-state index in [0.717, 1.165) is 44.2 Å². The van der Waals surface area contributed by atoms with Crippen molar-refractivity contribution in [2.24, 2.45) is 5.92 Å². The molecule has 0 spiro atoms. The fraction of sp³-hybridized carbons (Fsp3) is 0.136. The first-order valence-electron chi connectivity index (χ1n) is 22.2. The monoisotopic (exact) mass is 921 g/mol. The van der Waals surface area contributed by atoms with Crippen LogP contribution in [0.25, 0.3) is 16.8 Å². The van der Waals surface area contributed by atoms with Gasteiger partial charge in [0.15, 0.2) is 12.2 Å². The minimum Gasteiger partial charge on any atom is -0.449 e. The number of hydrogen-bond donors (Lipinski definition) is 0. The number of nitrogens with zero attached hydrogens (tertiary/aromatic N) is 1. The summed E-state index contributed by atoms with van der Waals surface area (Å²) in [5.74, 6) is -1.76. The van der Waals surface area contributed by atoms with Crippen LogP contribution in [-0.4, -0.2) is 35.8 Å². The van der Waals surface area contributed by atoms with Crippen LogP contribution in [0.2, 0.25) is 10.0 Å². The minimum absolute atomic E-state index is 0.0141. The molecule has 67 heavy (non-hydrogen) atoms. The Kier molecular flexibility index (Phi) is 15.1. The normalized spacial score (nSPS) is 12.3. The zero-order valence-corrected chi connectivity index (χ0v) is 38.7. The molecule has 0 bridgehead atoms. The molecule has 0 saturated carbocycles. The van der Waals surface area contributed by atoms with Crippen molar-refractivity contribution < 1.29 is 23.9 Å². The molecule has 0 heterocycles. The number of benzene rings is 8. The Bertz CT molecular complexity index is 2920. The molecule has 2 atom stereocenters. The maximum atomic E-state index is 14.7. The van der Waals surface area contributed by atoms with Gasteiger partial charge in [-0.25, -0.2) is 9.59 Å². The Balaban J connectivity index is 1.10. The highest BCUT2D eigenvalue weighted by atomic mass is 35.5. The molecule has 8 heteroatoms. The zero-order chi connectivity index (χ0) is 46.7. The first-order chi connectivity index (χ1) is 32.6. The Hall–Kier alpha value is -7.25. The van der Waals surface area contributed by atoms with E-state index in [1.54, 1.807) is 36.2 Å². The van der Waals surface area contributed by atoms with Gasteiger partial charge in [-0.15, -0.1) is 0 Å². The number of ether oxygens (including phenoxy) is 2. The summed E-state index contributed by atoms with van der Waals surface area (Å²) in [6.45, 7) is 2.02. The predicted molar refractivity (Wildman–Crippen MR) is 269 cm³/mol. The van der Waals surface area contributed by atoms with Gasteiger partial charge in [0, 0.05) is 19.0 Å². The van der Waals surface area contributed by atoms with Crippen molar-refractivity contribution in [1.82, 2.24) is 4.90 Å². The minimum atomic E-state index is -0.785. The SMILES string of the molecule is C[C@@H]([C@H](/C=C/c1ccc2ccccc2c1)Cc1ccc(Cl)c(Cl)c1)N(C)C(=O)Cc1ccc(C(=O)OC(c2ccccc2)c2ccccc2)c(C(=O)OC(c2ccccc2)c2ccccc2)c1. The molecule has 0 aromatic heterocycles. The number of carbonyl (C=O) groups excluding carboxylic acids is 3. The van der Waals surface area contributed by atoms with Gasteiger partial charge in [0.05, 0.1) is 27.6 Å². The van der Waals surface area contributed by atoms with Crippen LogP contribution in [-0.2, 0) is 27.1 Å². The van der Waals surface area contributed by atoms with Crippen LogP contribution < -0.4 is 0 Å². The van der Waals surface area contributed by atoms with Crippen LogP contribution in [0, 0.1) is 5.92 Å². The van der Waals surface area contributed by atoms with Gasteiger partial charge < -0.3 is 14.4 Å². The summed E-state index contributed by atoms with van der Waals surface area (Å²) in [4.78, 5) is 45.2. The average molecular weight is 923 g/mol. The van der Waals surface area contributed by atoms with Crippen molar-refractivity contribution in [2.75, 3.05) is 7.05 Å². The number of amides is 1. The zero-order valence-electron chi connectivity index (χ0n) is 37.2. The molecule has 0 aliphatic rings. The van der Waals surface area contributed by atoms with Gasteiger partial charge in [0.1, 0.15) is 0 Å². The third-order valence-corrected chi connectivity index (χ3v) is 12.9. The van der Waals surface area contributed by atoms with Gasteiger partial charge >= 0.3 is 11.9 Å². The smallest absolute Gasteiger partial charge is 0.339 e. The van der Waals surface area contributed by atoms with Crippen molar-refractivity contribution >= 4 is 57.9 Å². The van der Waals surface area contributed by atoms with Crippen LogP contribution in [0.1, 0.15) is 78.8 Å². The molecule has 0 saturated heterocycles. The summed E-state index contributed by atoms with van der Waals surface area (Å²) in [6.07, 6.45) is 3.23. The molecule has 6 nitrogen and oxygen atoms in total. The maximum Gasteiger partial charge on any atom is 0.339 e. The molecule has 8 rings (SSSR count). The lowest BCUT2D eigenvalue weighted by molar-refractivity contribution is -0.131. The second kappa shape index (κ2) is 21.8. The lowest BCUT2D eigenvalue weighted by atomic mass is 9.90. The van der Waals surface area contributed by atoms with E-state index in [0.29, 0.717) is 22.0 Å². The topological polar surface area (TPSA) is 72.9 Å². The van der Waals surface area contributed by atoms with E-state index in [1.807, 2.05) is 153 Å². The Morgan fingerprint density at radius 2 is 1.01 bits per heavy atom. The Labute approximate surface area is 402 Å². The highest BCUT2D eigenvalue weighted by molar-refractivity contribution is 6.42. The summed E-state index contributed by atoms with van der Waals surface area (Å²) >= 11 is 12.8. The van der Waals surface area contributed by atoms with Gasteiger partial charge in [-0.05, 0) is 93.4 Å². The molecule has 334 valence electrons. The number of fused-ring (bicyclic) bond motifs is 1. The van der Waals surface area contributed by atoms with E-state index in [1.165, 1.54) is 0 Å². The molecular formula is C59H49Cl2NO5. The molecule has 1 amide bonds. The van der Waals surface area contributed by atoms with Gasteiger partial charge in [-0.3, -0.25) is 4.79 Å². The molecule has 0 aliphatic carbocycles. The second-order valence-electron chi connectivity index (χ2n) is 16.6. The van der Waals surface area contributed by atoms with Gasteiger partial charge in [0.2, 0.25) is 5.91 Å². The molecule has 8 aromatic rings. The molecule has 0 unspecified atom stereocenters. The summed E-state index contributed by atoms with van der Waals surface area (Å²) in [7, 11) is 1.79. The maximum absolute atomic E-state index is 14.7. The van der Waals surface area contributed by atoms with Crippen LogP contribution in [0.15, 0.2) is 206 Å². The summed E-state index contributed by atoms with van der Waals surface area (Å²) in [5.41, 5.74) is 5.59. The Morgan fingerprint density at radius 3 is 1.55 bits per heavy atom. The summed E-state index contributed by atoms with van der Waals surface area (Å²) in [5, 5.41) is 3.23. The van der Waals surface area contributed by atoms with Crippen LogP contribution in [0.5, 0.6) is 0 Å². The van der Waals surface area contributed by atoms with Crippen molar-refractivity contribution in [3.63, 3.8) is 0 Å². The first kappa shape index (κ1) is 46.3. The standard InChI is InChI=1S/C59H49Cl2NO5/c1-40(49(36-42-30-34-53(60)54(61)38-42)32-28-41-27-31-44-17-15-16-26-50(44)35-41)62(2)55(63)39-43-29-33-51(58(64)66-56(45-18-7-3-8-19-45)46-20-9-4-10-21-46)52(37-43)59(65)67-57(47-22-11-5-12-23-47)48-24-13-6-14-25-48/h3-35,37-38,40,49,56-57H,36,39H2,1-2H3/b32-28+/t40-,49+/m0/s1. The van der Waals surface area contributed by atoms with E-state index in [9.17, 15) is 14.4 Å². The molecule has 0 fully saturated rings. The Morgan fingerprint density at radius 1 is 0.522 bits per heavy atom. The molecule has 0 aliphatic heterocycles. The van der Waals surface area contributed by atoms with Gasteiger partial charge in [0.25, 0.3) is 0 Å².